The van der Waals surface area contributed by atoms with Gasteiger partial charge in [0, 0.05) is 31.6 Å². The van der Waals surface area contributed by atoms with Crippen LogP contribution in [-0.2, 0) is 4.79 Å². The van der Waals surface area contributed by atoms with Gasteiger partial charge in [-0.15, -0.1) is 0 Å². The average molecular weight is 341 g/mol. The van der Waals surface area contributed by atoms with Gasteiger partial charge in [-0.3, -0.25) is 9.69 Å². The van der Waals surface area contributed by atoms with Gasteiger partial charge in [0.1, 0.15) is 12.1 Å². The summed E-state index contributed by atoms with van der Waals surface area (Å²) in [4.78, 5) is 27.8. The third-order valence-electron chi connectivity index (χ3n) is 4.96. The quantitative estimate of drug-likeness (QED) is 0.832. The predicted molar refractivity (Wildman–Crippen MR) is 101 cm³/mol. The molecule has 2 aromatic rings. The number of nitrogens with zero attached hydrogens (tertiary/aromatic N) is 5. The molecule has 0 N–H and O–H groups in total. The van der Waals surface area contributed by atoms with Crippen molar-refractivity contribution in [2.45, 2.75) is 20.8 Å². The molecule has 1 aromatic heterocycles. The van der Waals surface area contributed by atoms with E-state index in [0.717, 1.165) is 56.0 Å². The van der Waals surface area contributed by atoms with Crippen LogP contribution in [0.3, 0.4) is 0 Å². The molecule has 0 aliphatic carbocycles. The van der Waals surface area contributed by atoms with E-state index in [1.807, 2.05) is 11.0 Å². The van der Waals surface area contributed by atoms with E-state index in [9.17, 15) is 4.79 Å². The molecule has 6 nitrogen and oxygen atoms in total. The third-order valence-corrected chi connectivity index (χ3v) is 4.96. The fourth-order valence-electron chi connectivity index (χ4n) is 3.32. The normalized spacial score (nSPS) is 15.2. The van der Waals surface area contributed by atoms with Crippen molar-refractivity contribution in [2.24, 2.45) is 0 Å². The molecule has 0 spiro atoms. The number of amides is 1. The zero-order valence-electron chi connectivity index (χ0n) is 15.4. The number of piperazine rings is 1. The summed E-state index contributed by atoms with van der Waals surface area (Å²) in [5, 5.41) is 1.09. The Hall–Kier alpha value is -2.21. The molecule has 1 aliphatic heterocycles. The summed E-state index contributed by atoms with van der Waals surface area (Å²) in [6.45, 7) is 11.7. The molecule has 1 fully saturated rings. The monoisotopic (exact) mass is 341 g/mol. The lowest BCUT2D eigenvalue weighted by atomic mass is 10.1. The lowest BCUT2D eigenvalue weighted by molar-refractivity contribution is -0.132. The van der Waals surface area contributed by atoms with Crippen molar-refractivity contribution in [2.75, 3.05) is 50.7 Å². The number of anilines is 1. The molecular weight excluding hydrogens is 314 g/mol. The van der Waals surface area contributed by atoms with Crippen molar-refractivity contribution in [3.8, 4) is 0 Å². The molecule has 1 aliphatic rings. The van der Waals surface area contributed by atoms with Crippen molar-refractivity contribution in [1.29, 1.82) is 0 Å². The number of fused-ring (bicyclic) bond motifs is 1. The number of carbonyl (C=O) groups is 1. The minimum Gasteiger partial charge on any atom is -0.352 e. The number of aromatic nitrogens is 2. The molecule has 25 heavy (non-hydrogen) atoms. The van der Waals surface area contributed by atoms with Gasteiger partial charge in [-0.25, -0.2) is 9.97 Å². The highest BCUT2D eigenvalue weighted by Crippen LogP contribution is 2.24. The van der Waals surface area contributed by atoms with Gasteiger partial charge in [-0.05, 0) is 32.1 Å². The molecule has 0 saturated carbocycles. The zero-order chi connectivity index (χ0) is 17.8. The van der Waals surface area contributed by atoms with Crippen LogP contribution in [0.25, 0.3) is 10.9 Å². The Bertz CT molecular complexity index is 736. The highest BCUT2D eigenvalue weighted by atomic mass is 16.2. The first-order valence-corrected chi connectivity index (χ1v) is 9.08. The van der Waals surface area contributed by atoms with Crippen LogP contribution < -0.4 is 4.90 Å². The lowest BCUT2D eigenvalue weighted by Gasteiger charge is -2.36. The van der Waals surface area contributed by atoms with E-state index in [0.29, 0.717) is 6.54 Å². The highest BCUT2D eigenvalue weighted by Gasteiger charge is 2.23. The minimum absolute atomic E-state index is 0.228. The second kappa shape index (κ2) is 7.78. The van der Waals surface area contributed by atoms with Gasteiger partial charge in [0.25, 0.3) is 0 Å². The Labute approximate surface area is 149 Å². The topological polar surface area (TPSA) is 52.6 Å². The van der Waals surface area contributed by atoms with Crippen LogP contribution >= 0.6 is 0 Å². The number of hydrogen-bond acceptors (Lipinski definition) is 5. The van der Waals surface area contributed by atoms with E-state index >= 15 is 0 Å². The van der Waals surface area contributed by atoms with Gasteiger partial charge in [0.05, 0.1) is 12.1 Å². The number of benzene rings is 1. The number of rotatable bonds is 5. The fraction of sp³-hybridized carbons (Fsp3) is 0.526. The van der Waals surface area contributed by atoms with Gasteiger partial charge in [0.15, 0.2) is 0 Å². The van der Waals surface area contributed by atoms with E-state index in [1.54, 1.807) is 6.33 Å². The number of aryl methyl sites for hydroxylation is 1. The summed E-state index contributed by atoms with van der Waals surface area (Å²) in [7, 11) is 0. The maximum absolute atomic E-state index is 12.5. The van der Waals surface area contributed by atoms with Crippen LogP contribution in [0.15, 0.2) is 24.5 Å². The first-order valence-electron chi connectivity index (χ1n) is 9.08. The van der Waals surface area contributed by atoms with E-state index in [4.69, 9.17) is 0 Å². The molecule has 6 heteroatoms. The maximum Gasteiger partial charge on any atom is 0.236 e. The lowest BCUT2D eigenvalue weighted by Crippen LogP contribution is -2.51. The van der Waals surface area contributed by atoms with Crippen LogP contribution in [-0.4, -0.2) is 71.5 Å². The summed E-state index contributed by atoms with van der Waals surface area (Å²) >= 11 is 0. The summed E-state index contributed by atoms with van der Waals surface area (Å²) in [5.41, 5.74) is 2.17. The van der Waals surface area contributed by atoms with Crippen molar-refractivity contribution in [3.05, 3.63) is 30.1 Å². The van der Waals surface area contributed by atoms with Gasteiger partial charge >= 0.3 is 0 Å². The van der Waals surface area contributed by atoms with E-state index in [1.165, 1.54) is 5.56 Å². The van der Waals surface area contributed by atoms with Crippen LogP contribution in [0.1, 0.15) is 19.4 Å². The zero-order valence-corrected chi connectivity index (χ0v) is 15.4. The van der Waals surface area contributed by atoms with Gasteiger partial charge < -0.3 is 9.80 Å². The second-order valence-corrected chi connectivity index (χ2v) is 6.55. The van der Waals surface area contributed by atoms with E-state index < -0.39 is 0 Å². The Balaban J connectivity index is 1.69. The molecule has 1 amide bonds. The molecule has 1 aromatic carbocycles. The van der Waals surface area contributed by atoms with Crippen LogP contribution in [0.5, 0.6) is 0 Å². The van der Waals surface area contributed by atoms with Gasteiger partial charge in [-0.1, -0.05) is 25.5 Å². The molecule has 3 rings (SSSR count). The molecule has 0 atom stereocenters. The van der Waals surface area contributed by atoms with Crippen molar-refractivity contribution in [1.82, 2.24) is 19.8 Å². The fourth-order valence-corrected chi connectivity index (χ4v) is 3.32. The number of carbonyl (C=O) groups excluding carboxylic acids is 1. The van der Waals surface area contributed by atoms with E-state index in [2.05, 4.69) is 52.7 Å². The molecular formula is C19H27N5O. The minimum atomic E-state index is 0.228. The van der Waals surface area contributed by atoms with Crippen LogP contribution in [0, 0.1) is 6.92 Å². The molecule has 134 valence electrons. The number of hydrogen-bond donors (Lipinski definition) is 0. The SMILES string of the molecule is CCN(CC)CC(=O)N1CCN(c2ncnc3ccc(C)cc23)CC1. The third kappa shape index (κ3) is 3.90. The van der Waals surface area contributed by atoms with E-state index in [-0.39, 0.29) is 5.91 Å². The van der Waals surface area contributed by atoms with Crippen molar-refractivity contribution < 1.29 is 4.79 Å². The first kappa shape index (κ1) is 17.6. The molecule has 2 heterocycles. The Morgan fingerprint density at radius 2 is 1.84 bits per heavy atom. The Morgan fingerprint density at radius 1 is 1.12 bits per heavy atom. The second-order valence-electron chi connectivity index (χ2n) is 6.55. The van der Waals surface area contributed by atoms with Crippen molar-refractivity contribution in [3.63, 3.8) is 0 Å². The molecule has 0 unspecified atom stereocenters. The largest absolute Gasteiger partial charge is 0.352 e. The summed E-state index contributed by atoms with van der Waals surface area (Å²) in [5.74, 6) is 1.20. The predicted octanol–water partition coefficient (Wildman–Crippen LogP) is 1.93. The van der Waals surface area contributed by atoms with Gasteiger partial charge in [0.2, 0.25) is 5.91 Å². The Morgan fingerprint density at radius 3 is 2.52 bits per heavy atom. The van der Waals surface area contributed by atoms with Crippen LogP contribution in [0.4, 0.5) is 5.82 Å². The number of likely N-dealkylation sites (N-methyl/N-ethyl adjacent to an activating group) is 1. The standard InChI is InChI=1S/C19H27N5O/c1-4-22(5-2)13-18(25)23-8-10-24(11-9-23)19-16-12-15(3)6-7-17(16)20-14-21-19/h6-7,12,14H,4-5,8-11,13H2,1-3H3. The van der Waals surface area contributed by atoms with Crippen LogP contribution in [0.2, 0.25) is 0 Å². The maximum atomic E-state index is 12.5. The van der Waals surface area contributed by atoms with Gasteiger partial charge in [-0.2, -0.15) is 0 Å². The highest BCUT2D eigenvalue weighted by molar-refractivity contribution is 5.90. The Kier molecular flexibility index (Phi) is 5.48. The molecule has 1 saturated heterocycles. The summed E-state index contributed by atoms with van der Waals surface area (Å²) in [6, 6.07) is 6.26. The smallest absolute Gasteiger partial charge is 0.236 e. The first-order chi connectivity index (χ1) is 12.1. The summed E-state index contributed by atoms with van der Waals surface area (Å²) in [6.07, 6.45) is 1.63. The average Bonchev–Trinajstić information content (AvgIpc) is 2.65. The molecule has 0 radical (unpaired) electrons. The summed E-state index contributed by atoms with van der Waals surface area (Å²) < 4.78 is 0. The molecule has 0 bridgehead atoms. The van der Waals surface area contributed by atoms with Crippen molar-refractivity contribution >= 4 is 22.6 Å².